The number of hydrogen-bond acceptors (Lipinski definition) is 4. The van der Waals surface area contributed by atoms with Crippen molar-refractivity contribution in [1.29, 1.82) is 0 Å². The van der Waals surface area contributed by atoms with Gasteiger partial charge >= 0.3 is 5.97 Å². The maximum absolute atomic E-state index is 11.7. The van der Waals surface area contributed by atoms with Crippen LogP contribution in [0, 0.1) is 6.92 Å². The van der Waals surface area contributed by atoms with Gasteiger partial charge in [-0.25, -0.2) is 4.98 Å². The van der Waals surface area contributed by atoms with Crippen LogP contribution in [0.1, 0.15) is 16.1 Å². The number of halogens is 1. The van der Waals surface area contributed by atoms with Gasteiger partial charge < -0.3 is 20.5 Å². The number of hydrogen-bond donors (Lipinski definition) is 4. The van der Waals surface area contributed by atoms with Gasteiger partial charge in [0.2, 0.25) is 0 Å². The Bertz CT molecular complexity index is 1200. The van der Waals surface area contributed by atoms with Crippen molar-refractivity contribution in [2.45, 2.75) is 6.92 Å². The van der Waals surface area contributed by atoms with E-state index in [-0.39, 0.29) is 16.6 Å². The number of para-hydroxylation sites is 1. The maximum Gasteiger partial charge on any atom is 0.322 e. The largest absolute Gasteiger partial charge is 0.505 e. The smallest absolute Gasteiger partial charge is 0.322 e. The Morgan fingerprint density at radius 2 is 1.69 bits per heavy atom. The molecule has 1 amide bonds. The third-order valence-electron chi connectivity index (χ3n) is 4.25. The maximum atomic E-state index is 11.7. The number of benzene rings is 2. The summed E-state index contributed by atoms with van der Waals surface area (Å²) in [4.78, 5) is 29.1. The molecule has 2 aromatic heterocycles. The molecule has 148 valence electrons. The van der Waals surface area contributed by atoms with E-state index in [4.69, 9.17) is 16.7 Å². The van der Waals surface area contributed by atoms with E-state index in [0.717, 1.165) is 0 Å². The molecular formula is C21H18ClN3O4. The number of nitrogens with one attached hydrogen (secondary N) is 2. The second-order valence-electron chi connectivity index (χ2n) is 6.24. The van der Waals surface area contributed by atoms with Gasteiger partial charge in [-0.2, -0.15) is 0 Å². The molecule has 0 radical (unpaired) electrons. The van der Waals surface area contributed by atoms with Crippen molar-refractivity contribution in [2.75, 3.05) is 6.54 Å². The zero-order chi connectivity index (χ0) is 21.0. The monoisotopic (exact) mass is 411 g/mol. The van der Waals surface area contributed by atoms with E-state index in [1.807, 2.05) is 12.3 Å². The Labute approximate surface area is 171 Å². The normalized spacial score (nSPS) is 10.4. The number of rotatable bonds is 3. The van der Waals surface area contributed by atoms with Crippen LogP contribution in [0.15, 0.2) is 54.7 Å². The molecule has 4 N–H and O–H groups in total. The van der Waals surface area contributed by atoms with E-state index in [0.29, 0.717) is 10.8 Å². The molecule has 0 aliphatic rings. The number of nitrogens with zero attached hydrogens (tertiary/aromatic N) is 1. The number of aromatic hydroxyl groups is 1. The fourth-order valence-electron chi connectivity index (χ4n) is 2.82. The first-order valence-electron chi connectivity index (χ1n) is 8.68. The van der Waals surface area contributed by atoms with Crippen LogP contribution in [0.3, 0.4) is 0 Å². The molecule has 4 rings (SSSR count). The van der Waals surface area contributed by atoms with Crippen LogP contribution in [0.2, 0.25) is 5.15 Å². The van der Waals surface area contributed by atoms with Gasteiger partial charge in [0.15, 0.2) is 11.4 Å². The Morgan fingerprint density at radius 3 is 2.34 bits per heavy atom. The fraction of sp³-hybridized carbons (Fsp3) is 0.0952. The van der Waals surface area contributed by atoms with Crippen LogP contribution in [0.5, 0.6) is 5.75 Å². The molecule has 2 aromatic carbocycles. The summed E-state index contributed by atoms with van der Waals surface area (Å²) in [6, 6.07) is 15.0. The van der Waals surface area contributed by atoms with Gasteiger partial charge in [-0.05, 0) is 18.6 Å². The van der Waals surface area contributed by atoms with Crippen LogP contribution in [-0.2, 0) is 4.79 Å². The third kappa shape index (κ3) is 4.47. The predicted octanol–water partition coefficient (Wildman–Crippen LogP) is 3.88. The van der Waals surface area contributed by atoms with Crippen molar-refractivity contribution < 1.29 is 19.8 Å². The zero-order valence-electron chi connectivity index (χ0n) is 15.4. The summed E-state index contributed by atoms with van der Waals surface area (Å²) in [5.74, 6) is -2.32. The summed E-state index contributed by atoms with van der Waals surface area (Å²) in [5, 5.41) is 22.8. The molecule has 0 saturated carbocycles. The number of amides is 1. The van der Waals surface area contributed by atoms with Crippen LogP contribution >= 0.6 is 11.6 Å². The van der Waals surface area contributed by atoms with Crippen molar-refractivity contribution in [2.24, 2.45) is 0 Å². The summed E-state index contributed by atoms with van der Waals surface area (Å²) in [6.45, 7) is 1.54. The first-order chi connectivity index (χ1) is 13.9. The van der Waals surface area contributed by atoms with E-state index < -0.39 is 18.4 Å². The topological polar surface area (TPSA) is 115 Å². The lowest BCUT2D eigenvalue weighted by molar-refractivity contribution is -0.135. The average Bonchev–Trinajstić information content (AvgIpc) is 3.10. The number of aliphatic carboxylic acids is 1. The van der Waals surface area contributed by atoms with Crippen LogP contribution in [0.4, 0.5) is 0 Å². The van der Waals surface area contributed by atoms with Crippen molar-refractivity contribution >= 4 is 45.2 Å². The highest BCUT2D eigenvalue weighted by Crippen LogP contribution is 2.31. The van der Waals surface area contributed by atoms with Crippen molar-refractivity contribution in [3.63, 3.8) is 0 Å². The number of aromatic nitrogens is 2. The number of aryl methyl sites for hydroxylation is 1. The highest BCUT2D eigenvalue weighted by molar-refractivity contribution is 6.34. The Balaban J connectivity index is 0.000000200. The number of carbonyl (C=O) groups is 2. The lowest BCUT2D eigenvalue weighted by Gasteiger charge is -2.08. The second kappa shape index (κ2) is 8.62. The standard InChI is InChI=1S/C12H9ClN2O4.C9H9N/c13-11-7-4-2-1-3-6(7)10(18)9(15-11)12(19)14-5-8(16)17;1-7-6-10-9-5-3-2-4-8(7)9/h1-4,18H,5H2,(H,14,19)(H,16,17);2-6,10H,1H3. The van der Waals surface area contributed by atoms with Gasteiger partial charge in [0.1, 0.15) is 11.7 Å². The number of H-pyrrole nitrogens is 1. The number of fused-ring (bicyclic) bond motifs is 2. The van der Waals surface area contributed by atoms with E-state index in [1.165, 1.54) is 16.5 Å². The second-order valence-corrected chi connectivity index (χ2v) is 6.60. The Kier molecular flexibility index (Phi) is 5.99. The Hall–Kier alpha value is -3.58. The summed E-state index contributed by atoms with van der Waals surface area (Å²) in [6.07, 6.45) is 2.03. The lowest BCUT2D eigenvalue weighted by atomic mass is 10.1. The molecule has 0 aliphatic carbocycles. The van der Waals surface area contributed by atoms with E-state index in [9.17, 15) is 14.7 Å². The zero-order valence-corrected chi connectivity index (χ0v) is 16.2. The molecule has 0 saturated heterocycles. The number of pyridine rings is 1. The lowest BCUT2D eigenvalue weighted by Crippen LogP contribution is -2.30. The quantitative estimate of drug-likeness (QED) is 0.382. The van der Waals surface area contributed by atoms with Gasteiger partial charge in [-0.15, -0.1) is 0 Å². The minimum absolute atomic E-state index is 0.0638. The van der Waals surface area contributed by atoms with Gasteiger partial charge in [-0.3, -0.25) is 9.59 Å². The Morgan fingerprint density at radius 1 is 1.07 bits per heavy atom. The number of carboxylic acids is 1. The summed E-state index contributed by atoms with van der Waals surface area (Å²) in [7, 11) is 0. The van der Waals surface area contributed by atoms with Gasteiger partial charge in [-0.1, -0.05) is 54.1 Å². The van der Waals surface area contributed by atoms with Gasteiger partial charge in [0.05, 0.1) is 0 Å². The van der Waals surface area contributed by atoms with Gasteiger partial charge in [0.25, 0.3) is 5.91 Å². The predicted molar refractivity (Wildman–Crippen MR) is 111 cm³/mol. The van der Waals surface area contributed by atoms with Crippen LogP contribution in [0.25, 0.3) is 21.7 Å². The molecule has 2 heterocycles. The molecule has 0 aliphatic heterocycles. The minimum Gasteiger partial charge on any atom is -0.505 e. The third-order valence-corrected chi connectivity index (χ3v) is 4.54. The highest BCUT2D eigenvalue weighted by atomic mass is 35.5. The molecule has 0 atom stereocenters. The molecule has 8 heteroatoms. The molecule has 0 unspecified atom stereocenters. The van der Waals surface area contributed by atoms with E-state index in [2.05, 4.69) is 40.4 Å². The van der Waals surface area contributed by atoms with Crippen LogP contribution in [-0.4, -0.2) is 38.6 Å². The van der Waals surface area contributed by atoms with Gasteiger partial charge in [0, 0.05) is 27.9 Å². The summed E-state index contributed by atoms with van der Waals surface area (Å²) >= 11 is 5.92. The fourth-order valence-corrected chi connectivity index (χ4v) is 3.07. The molecule has 0 fully saturated rings. The number of carbonyl (C=O) groups excluding carboxylic acids is 1. The highest BCUT2D eigenvalue weighted by Gasteiger charge is 2.18. The van der Waals surface area contributed by atoms with Crippen LogP contribution < -0.4 is 5.32 Å². The average molecular weight is 412 g/mol. The van der Waals surface area contributed by atoms with Crippen molar-refractivity contribution in [3.8, 4) is 5.75 Å². The molecule has 4 aromatic rings. The first-order valence-corrected chi connectivity index (χ1v) is 9.06. The molecule has 0 bridgehead atoms. The SMILES string of the molecule is Cc1c[nH]c2ccccc12.O=C(O)CNC(=O)c1nc(Cl)c2ccccc2c1O. The summed E-state index contributed by atoms with van der Waals surface area (Å²) < 4.78 is 0. The molecule has 29 heavy (non-hydrogen) atoms. The number of carboxylic acid groups (broad SMARTS) is 1. The van der Waals surface area contributed by atoms with Crippen molar-refractivity contribution in [3.05, 3.63) is 71.1 Å². The first kappa shape index (κ1) is 20.2. The van der Waals surface area contributed by atoms with E-state index in [1.54, 1.807) is 24.3 Å². The van der Waals surface area contributed by atoms with E-state index >= 15 is 0 Å². The minimum atomic E-state index is -1.19. The molecule has 0 spiro atoms. The summed E-state index contributed by atoms with van der Waals surface area (Å²) in [5.41, 5.74) is 2.24. The molecule has 7 nitrogen and oxygen atoms in total. The molecular weight excluding hydrogens is 394 g/mol. The number of aromatic amines is 1. The van der Waals surface area contributed by atoms with Crippen molar-refractivity contribution in [1.82, 2.24) is 15.3 Å².